The summed E-state index contributed by atoms with van der Waals surface area (Å²) >= 11 is 6.44. The van der Waals surface area contributed by atoms with E-state index < -0.39 is 0 Å². The Hall–Kier alpha value is -2.00. The molecule has 0 fully saturated rings. The highest BCUT2D eigenvalue weighted by atomic mass is 35.5. The van der Waals surface area contributed by atoms with Crippen LogP contribution in [-0.2, 0) is 11.2 Å². The summed E-state index contributed by atoms with van der Waals surface area (Å²) in [6.45, 7) is 6.17. The van der Waals surface area contributed by atoms with Gasteiger partial charge < -0.3 is 10.1 Å². The van der Waals surface area contributed by atoms with Gasteiger partial charge in [-0.15, -0.1) is 0 Å². The number of fused-ring (bicyclic) bond motifs is 1. The van der Waals surface area contributed by atoms with Crippen molar-refractivity contribution in [3.8, 4) is 16.9 Å². The van der Waals surface area contributed by atoms with Crippen LogP contribution in [0.1, 0.15) is 23.6 Å². The molecule has 0 aromatic heterocycles. The van der Waals surface area contributed by atoms with Crippen LogP contribution in [0.25, 0.3) is 11.1 Å². The first-order chi connectivity index (χ1) is 11.0. The van der Waals surface area contributed by atoms with Crippen LogP contribution in [0, 0.1) is 13.8 Å². The van der Waals surface area contributed by atoms with Crippen molar-refractivity contribution in [2.75, 3.05) is 6.54 Å². The lowest BCUT2D eigenvalue weighted by Crippen LogP contribution is -2.32. The Morgan fingerprint density at radius 1 is 1.35 bits per heavy atom. The van der Waals surface area contributed by atoms with Crippen LogP contribution in [0.5, 0.6) is 5.75 Å². The number of rotatable bonds is 3. The molecule has 1 aliphatic heterocycles. The van der Waals surface area contributed by atoms with E-state index in [9.17, 15) is 4.79 Å². The molecule has 2 aromatic carbocycles. The van der Waals surface area contributed by atoms with Crippen LogP contribution in [-0.4, -0.2) is 18.6 Å². The summed E-state index contributed by atoms with van der Waals surface area (Å²) in [5, 5.41) is 3.56. The van der Waals surface area contributed by atoms with Gasteiger partial charge >= 0.3 is 0 Å². The van der Waals surface area contributed by atoms with Gasteiger partial charge in [-0.05, 0) is 42.7 Å². The van der Waals surface area contributed by atoms with Crippen LogP contribution in [0.15, 0.2) is 30.3 Å². The second-order valence-electron chi connectivity index (χ2n) is 6.11. The highest BCUT2D eigenvalue weighted by molar-refractivity contribution is 6.33. The molecular formula is C19H20ClNO2. The molecular weight excluding hydrogens is 310 g/mol. The van der Waals surface area contributed by atoms with Gasteiger partial charge in [-0.25, -0.2) is 0 Å². The number of carbonyl (C=O) groups is 1. The highest BCUT2D eigenvalue weighted by Gasteiger charge is 2.27. The zero-order chi connectivity index (χ0) is 16.6. The number of hydrogen-bond acceptors (Lipinski definition) is 2. The number of amides is 1. The summed E-state index contributed by atoms with van der Waals surface area (Å²) in [7, 11) is 0. The third-order valence-electron chi connectivity index (χ3n) is 4.11. The monoisotopic (exact) mass is 329 g/mol. The zero-order valence-electron chi connectivity index (χ0n) is 13.6. The van der Waals surface area contributed by atoms with E-state index in [2.05, 4.69) is 37.4 Å². The smallest absolute Gasteiger partial charge is 0.217 e. The minimum Gasteiger partial charge on any atom is -0.487 e. The molecule has 3 nitrogen and oxygen atoms in total. The molecule has 23 heavy (non-hydrogen) atoms. The predicted octanol–water partition coefficient (Wildman–Crippen LogP) is 4.06. The Morgan fingerprint density at radius 2 is 2.13 bits per heavy atom. The number of aryl methyl sites for hydroxylation is 2. The number of carbonyl (C=O) groups excluding carboxylic acids is 1. The SMILES string of the molecule is CC(=O)NCC1Cc2cc(C)cc(-c3c(C)cccc3Cl)c2O1. The van der Waals surface area contributed by atoms with Gasteiger partial charge in [-0.2, -0.15) is 0 Å². The van der Waals surface area contributed by atoms with Crippen molar-refractivity contribution in [1.82, 2.24) is 5.32 Å². The first kappa shape index (κ1) is 15.9. The molecule has 2 aromatic rings. The van der Waals surface area contributed by atoms with Gasteiger partial charge in [0, 0.05) is 29.5 Å². The minimum atomic E-state index is -0.0390. The fourth-order valence-electron chi connectivity index (χ4n) is 3.12. The molecule has 0 bridgehead atoms. The molecule has 4 heteroatoms. The lowest BCUT2D eigenvalue weighted by Gasteiger charge is -2.15. The fraction of sp³-hybridized carbons (Fsp3) is 0.316. The first-order valence-corrected chi connectivity index (χ1v) is 8.13. The third-order valence-corrected chi connectivity index (χ3v) is 4.43. The summed E-state index contributed by atoms with van der Waals surface area (Å²) in [5.41, 5.74) is 5.54. The Balaban J connectivity index is 2.01. The third kappa shape index (κ3) is 3.20. The average molecular weight is 330 g/mol. The summed E-state index contributed by atoms with van der Waals surface area (Å²) in [4.78, 5) is 11.1. The van der Waals surface area contributed by atoms with Crippen LogP contribution < -0.4 is 10.1 Å². The Morgan fingerprint density at radius 3 is 2.83 bits per heavy atom. The van der Waals surface area contributed by atoms with Gasteiger partial charge in [-0.1, -0.05) is 29.8 Å². The standard InChI is InChI=1S/C19H20ClNO2/c1-11-7-14-9-15(10-21-13(3)22)23-19(14)16(8-11)18-12(2)5-4-6-17(18)20/h4-8,15H,9-10H2,1-3H3,(H,21,22). The Kier molecular flexibility index (Phi) is 4.31. The van der Waals surface area contributed by atoms with Crippen LogP contribution in [0.3, 0.4) is 0 Å². The number of nitrogens with one attached hydrogen (secondary N) is 1. The van der Waals surface area contributed by atoms with Crippen molar-refractivity contribution in [2.45, 2.75) is 33.3 Å². The van der Waals surface area contributed by atoms with Crippen LogP contribution in [0.4, 0.5) is 0 Å². The maximum Gasteiger partial charge on any atom is 0.217 e. The summed E-state index contributed by atoms with van der Waals surface area (Å²) in [6.07, 6.45) is 0.769. The fourth-order valence-corrected chi connectivity index (χ4v) is 3.45. The van der Waals surface area contributed by atoms with Crippen molar-refractivity contribution >= 4 is 17.5 Å². The maximum absolute atomic E-state index is 11.1. The van der Waals surface area contributed by atoms with Crippen molar-refractivity contribution in [3.05, 3.63) is 52.0 Å². The maximum atomic E-state index is 11.1. The van der Waals surface area contributed by atoms with E-state index in [1.807, 2.05) is 12.1 Å². The van der Waals surface area contributed by atoms with Gasteiger partial charge in [0.2, 0.25) is 5.91 Å². The number of ether oxygens (including phenoxy) is 1. The predicted molar refractivity (Wildman–Crippen MR) is 93.2 cm³/mol. The number of halogens is 1. The minimum absolute atomic E-state index is 0.0303. The van der Waals surface area contributed by atoms with E-state index in [0.717, 1.165) is 33.9 Å². The lowest BCUT2D eigenvalue weighted by molar-refractivity contribution is -0.119. The molecule has 1 atom stereocenters. The number of benzene rings is 2. The van der Waals surface area contributed by atoms with Crippen molar-refractivity contribution in [3.63, 3.8) is 0 Å². The molecule has 1 aliphatic rings. The zero-order valence-corrected chi connectivity index (χ0v) is 14.3. The van der Waals surface area contributed by atoms with Gasteiger partial charge in [-0.3, -0.25) is 4.79 Å². The molecule has 0 aliphatic carbocycles. The lowest BCUT2D eigenvalue weighted by atomic mass is 9.95. The molecule has 1 amide bonds. The van der Waals surface area contributed by atoms with E-state index in [1.54, 1.807) is 0 Å². The van der Waals surface area contributed by atoms with Crippen molar-refractivity contribution in [1.29, 1.82) is 0 Å². The van der Waals surface area contributed by atoms with E-state index in [0.29, 0.717) is 6.54 Å². The molecule has 1 N–H and O–H groups in total. The van der Waals surface area contributed by atoms with E-state index >= 15 is 0 Å². The van der Waals surface area contributed by atoms with Crippen LogP contribution in [0.2, 0.25) is 5.02 Å². The topological polar surface area (TPSA) is 38.3 Å². The molecule has 0 spiro atoms. The van der Waals surface area contributed by atoms with Crippen molar-refractivity contribution in [2.24, 2.45) is 0 Å². The molecule has 120 valence electrons. The Bertz CT molecular complexity index is 750. The van der Waals surface area contributed by atoms with Gasteiger partial charge in [0.05, 0.1) is 6.54 Å². The average Bonchev–Trinajstić information content (AvgIpc) is 2.87. The summed E-state index contributed by atoms with van der Waals surface area (Å²) in [6, 6.07) is 10.2. The van der Waals surface area contributed by atoms with Gasteiger partial charge in [0.1, 0.15) is 11.9 Å². The second-order valence-corrected chi connectivity index (χ2v) is 6.52. The first-order valence-electron chi connectivity index (χ1n) is 7.76. The second kappa shape index (κ2) is 6.25. The van der Waals surface area contributed by atoms with Crippen molar-refractivity contribution < 1.29 is 9.53 Å². The Labute approximate surface area is 141 Å². The van der Waals surface area contributed by atoms with E-state index in [4.69, 9.17) is 16.3 Å². The normalized spacial score (nSPS) is 15.9. The van der Waals surface area contributed by atoms with Gasteiger partial charge in [0.25, 0.3) is 0 Å². The number of hydrogen-bond donors (Lipinski definition) is 1. The highest BCUT2D eigenvalue weighted by Crippen LogP contribution is 2.43. The molecule has 1 heterocycles. The van der Waals surface area contributed by atoms with E-state index in [-0.39, 0.29) is 12.0 Å². The van der Waals surface area contributed by atoms with Crippen LogP contribution >= 0.6 is 11.6 Å². The van der Waals surface area contributed by atoms with E-state index in [1.165, 1.54) is 18.1 Å². The van der Waals surface area contributed by atoms with Gasteiger partial charge in [0.15, 0.2) is 0 Å². The quantitative estimate of drug-likeness (QED) is 0.922. The molecule has 1 unspecified atom stereocenters. The molecule has 0 saturated heterocycles. The summed E-state index contributed by atoms with van der Waals surface area (Å²) in [5.74, 6) is 0.852. The molecule has 0 saturated carbocycles. The molecule has 0 radical (unpaired) electrons. The molecule has 3 rings (SSSR count). The largest absolute Gasteiger partial charge is 0.487 e. The summed E-state index contributed by atoms with van der Waals surface area (Å²) < 4.78 is 6.13.